The molecule has 1 fully saturated rings. The smallest absolute Gasteiger partial charge is 0.255 e. The van der Waals surface area contributed by atoms with E-state index in [2.05, 4.69) is 29.2 Å². The number of carbonyl (C=O) groups is 1. The summed E-state index contributed by atoms with van der Waals surface area (Å²) in [5.41, 5.74) is 7.50. The first-order valence-corrected chi connectivity index (χ1v) is 8.33. The standard InChI is InChI=1S/C18H24N4O2/c1-14-9-20-22(10-14)12-16-5-3-7-21(16)11-15-4-2-6-17(8-15)24-13-18(19)23/h2,4,6,8-10,16H,3,5,7,11-13H2,1H3,(H2,19,23)/t16-/m1/s1. The number of carbonyl (C=O) groups excluding carboxylic acids is 1. The van der Waals surface area contributed by atoms with Gasteiger partial charge in [0.1, 0.15) is 5.75 Å². The summed E-state index contributed by atoms with van der Waals surface area (Å²) in [4.78, 5) is 13.3. The minimum Gasteiger partial charge on any atom is -0.484 e. The van der Waals surface area contributed by atoms with Crippen molar-refractivity contribution in [2.75, 3.05) is 13.2 Å². The summed E-state index contributed by atoms with van der Waals surface area (Å²) in [5, 5.41) is 4.40. The third-order valence-corrected chi connectivity index (χ3v) is 4.32. The van der Waals surface area contributed by atoms with Gasteiger partial charge in [0, 0.05) is 18.8 Å². The Labute approximate surface area is 142 Å². The van der Waals surface area contributed by atoms with Gasteiger partial charge in [0.2, 0.25) is 0 Å². The molecule has 1 atom stereocenters. The highest BCUT2D eigenvalue weighted by Crippen LogP contribution is 2.23. The molecule has 0 saturated carbocycles. The van der Waals surface area contributed by atoms with Crippen LogP contribution in [0, 0.1) is 6.92 Å². The lowest BCUT2D eigenvalue weighted by atomic mass is 10.1. The van der Waals surface area contributed by atoms with Gasteiger partial charge in [-0.2, -0.15) is 5.10 Å². The van der Waals surface area contributed by atoms with Crippen molar-refractivity contribution in [2.24, 2.45) is 5.73 Å². The van der Waals surface area contributed by atoms with E-state index in [1.165, 1.54) is 24.0 Å². The Kier molecular flexibility index (Phi) is 5.15. The second-order valence-corrected chi connectivity index (χ2v) is 6.41. The molecule has 1 aromatic carbocycles. The molecule has 128 valence electrons. The molecule has 6 nitrogen and oxygen atoms in total. The van der Waals surface area contributed by atoms with Crippen molar-refractivity contribution >= 4 is 5.91 Å². The minimum atomic E-state index is -0.463. The van der Waals surface area contributed by atoms with Crippen molar-refractivity contribution < 1.29 is 9.53 Å². The zero-order chi connectivity index (χ0) is 16.9. The molecule has 1 aliphatic rings. The van der Waals surface area contributed by atoms with Crippen LogP contribution in [0.15, 0.2) is 36.7 Å². The highest BCUT2D eigenvalue weighted by Gasteiger charge is 2.25. The van der Waals surface area contributed by atoms with E-state index in [4.69, 9.17) is 10.5 Å². The van der Waals surface area contributed by atoms with Gasteiger partial charge < -0.3 is 10.5 Å². The predicted octanol–water partition coefficient (Wildman–Crippen LogP) is 1.72. The Hall–Kier alpha value is -2.34. The molecule has 1 aliphatic heterocycles. The summed E-state index contributed by atoms with van der Waals surface area (Å²) in [5.74, 6) is 0.222. The Balaban J connectivity index is 1.61. The van der Waals surface area contributed by atoms with Crippen molar-refractivity contribution in [2.45, 2.75) is 38.9 Å². The molecule has 1 saturated heterocycles. The first-order valence-electron chi connectivity index (χ1n) is 8.33. The number of rotatable bonds is 7. The summed E-state index contributed by atoms with van der Waals surface area (Å²) >= 11 is 0. The fraction of sp³-hybridized carbons (Fsp3) is 0.444. The number of benzene rings is 1. The third kappa shape index (κ3) is 4.35. The molecule has 0 bridgehead atoms. The number of hydrogen-bond donors (Lipinski definition) is 1. The summed E-state index contributed by atoms with van der Waals surface area (Å²) in [6.07, 6.45) is 6.40. The molecule has 3 rings (SSSR count). The largest absolute Gasteiger partial charge is 0.484 e. The van der Waals surface area contributed by atoms with Gasteiger partial charge in [-0.15, -0.1) is 0 Å². The van der Waals surface area contributed by atoms with Gasteiger partial charge in [-0.1, -0.05) is 12.1 Å². The van der Waals surface area contributed by atoms with Crippen molar-refractivity contribution in [3.05, 3.63) is 47.8 Å². The number of amides is 1. The van der Waals surface area contributed by atoms with Gasteiger partial charge in [0.15, 0.2) is 6.61 Å². The van der Waals surface area contributed by atoms with Crippen LogP contribution < -0.4 is 10.5 Å². The van der Waals surface area contributed by atoms with Crippen molar-refractivity contribution in [3.63, 3.8) is 0 Å². The van der Waals surface area contributed by atoms with E-state index in [1.807, 2.05) is 29.1 Å². The number of ether oxygens (including phenoxy) is 1. The van der Waals surface area contributed by atoms with Crippen LogP contribution in [-0.4, -0.2) is 39.8 Å². The van der Waals surface area contributed by atoms with Crippen molar-refractivity contribution in [1.29, 1.82) is 0 Å². The summed E-state index contributed by atoms with van der Waals surface area (Å²) in [7, 11) is 0. The van der Waals surface area contributed by atoms with Crippen LogP contribution >= 0.6 is 0 Å². The molecule has 0 spiro atoms. The average Bonchev–Trinajstić information content (AvgIpc) is 3.15. The van der Waals surface area contributed by atoms with E-state index in [0.717, 1.165) is 19.6 Å². The molecule has 1 aromatic heterocycles. The van der Waals surface area contributed by atoms with E-state index in [-0.39, 0.29) is 6.61 Å². The van der Waals surface area contributed by atoms with Gasteiger partial charge in [-0.25, -0.2) is 0 Å². The second-order valence-electron chi connectivity index (χ2n) is 6.41. The maximum atomic E-state index is 10.8. The minimum absolute atomic E-state index is 0.0888. The lowest BCUT2D eigenvalue weighted by Crippen LogP contribution is -2.32. The lowest BCUT2D eigenvalue weighted by Gasteiger charge is -2.24. The van der Waals surface area contributed by atoms with Crippen LogP contribution in [-0.2, 0) is 17.9 Å². The van der Waals surface area contributed by atoms with Gasteiger partial charge >= 0.3 is 0 Å². The Bertz CT molecular complexity index is 698. The van der Waals surface area contributed by atoms with E-state index in [0.29, 0.717) is 11.8 Å². The number of nitrogens with zero attached hydrogens (tertiary/aromatic N) is 3. The topological polar surface area (TPSA) is 73.4 Å². The van der Waals surface area contributed by atoms with Crippen LogP contribution in [0.5, 0.6) is 5.75 Å². The van der Waals surface area contributed by atoms with Gasteiger partial charge in [-0.05, 0) is 49.6 Å². The second kappa shape index (κ2) is 7.49. The first kappa shape index (κ1) is 16.5. The van der Waals surface area contributed by atoms with Gasteiger partial charge in [-0.3, -0.25) is 14.4 Å². The van der Waals surface area contributed by atoms with Crippen molar-refractivity contribution in [3.8, 4) is 5.75 Å². The zero-order valence-corrected chi connectivity index (χ0v) is 14.0. The van der Waals surface area contributed by atoms with E-state index in [1.54, 1.807) is 0 Å². The van der Waals surface area contributed by atoms with E-state index >= 15 is 0 Å². The molecule has 0 unspecified atom stereocenters. The zero-order valence-electron chi connectivity index (χ0n) is 14.0. The third-order valence-electron chi connectivity index (χ3n) is 4.32. The van der Waals surface area contributed by atoms with E-state index < -0.39 is 5.91 Å². The van der Waals surface area contributed by atoms with Crippen LogP contribution in [0.1, 0.15) is 24.0 Å². The van der Waals surface area contributed by atoms with Gasteiger partial charge in [0.25, 0.3) is 5.91 Å². The quantitative estimate of drug-likeness (QED) is 0.840. The molecule has 1 amide bonds. The fourth-order valence-electron chi connectivity index (χ4n) is 3.22. The molecule has 2 N–H and O–H groups in total. The van der Waals surface area contributed by atoms with Crippen LogP contribution in [0.4, 0.5) is 0 Å². The van der Waals surface area contributed by atoms with Crippen LogP contribution in [0.25, 0.3) is 0 Å². The normalized spacial score (nSPS) is 18.0. The first-order chi connectivity index (χ1) is 11.6. The summed E-state index contributed by atoms with van der Waals surface area (Å²) in [6.45, 7) is 4.86. The Morgan fingerprint density at radius 3 is 3.08 bits per heavy atom. The average molecular weight is 328 g/mol. The van der Waals surface area contributed by atoms with Crippen molar-refractivity contribution in [1.82, 2.24) is 14.7 Å². The molecule has 0 aliphatic carbocycles. The number of nitrogens with two attached hydrogens (primary N) is 1. The summed E-state index contributed by atoms with van der Waals surface area (Å²) < 4.78 is 7.42. The fourth-order valence-corrected chi connectivity index (χ4v) is 3.22. The number of hydrogen-bond acceptors (Lipinski definition) is 4. The lowest BCUT2D eigenvalue weighted by molar-refractivity contribution is -0.119. The maximum Gasteiger partial charge on any atom is 0.255 e. The van der Waals surface area contributed by atoms with E-state index in [9.17, 15) is 4.79 Å². The Morgan fingerprint density at radius 1 is 1.46 bits per heavy atom. The van der Waals surface area contributed by atoms with Crippen LogP contribution in [0.3, 0.4) is 0 Å². The molecule has 6 heteroatoms. The molecule has 2 aromatic rings. The SMILES string of the molecule is Cc1cnn(C[C@H]2CCCN2Cc2cccc(OCC(N)=O)c2)c1. The molecular weight excluding hydrogens is 304 g/mol. The molecule has 2 heterocycles. The maximum absolute atomic E-state index is 10.8. The van der Waals surface area contributed by atoms with Gasteiger partial charge in [0.05, 0.1) is 12.7 Å². The Morgan fingerprint density at radius 2 is 2.33 bits per heavy atom. The number of aromatic nitrogens is 2. The number of primary amides is 1. The molecule has 0 radical (unpaired) electrons. The number of aryl methyl sites for hydroxylation is 1. The molecular formula is C18H24N4O2. The highest BCUT2D eigenvalue weighted by molar-refractivity contribution is 5.75. The monoisotopic (exact) mass is 328 g/mol. The number of likely N-dealkylation sites (tertiary alicyclic amines) is 1. The predicted molar refractivity (Wildman–Crippen MR) is 91.5 cm³/mol. The molecule has 24 heavy (non-hydrogen) atoms. The summed E-state index contributed by atoms with van der Waals surface area (Å²) in [6, 6.07) is 8.37. The highest BCUT2D eigenvalue weighted by atomic mass is 16.5. The van der Waals surface area contributed by atoms with Crippen LogP contribution in [0.2, 0.25) is 0 Å².